The van der Waals surface area contributed by atoms with Crippen LogP contribution < -0.4 is 14.8 Å². The van der Waals surface area contributed by atoms with Gasteiger partial charge in [0, 0.05) is 5.69 Å². The molecule has 3 aromatic rings. The molecular weight excluding hydrogens is 376 g/mol. The Morgan fingerprint density at radius 2 is 1.46 bits per heavy atom. The number of nitrogens with zero attached hydrogens (tertiary/aromatic N) is 2. The van der Waals surface area contributed by atoms with Crippen LogP contribution in [-0.2, 0) is 10.0 Å². The standard InChI is InChI=1S/C20H22N4O3S/c1-13-5-6-17(27-4)18(12-13)28(25,26)24-20-8-7-19(22-23-20)21-16-10-14(2)9-15(3)11-16/h5-12H,1-4H3,(H,21,22)(H,23,24). The zero-order chi connectivity index (χ0) is 20.3. The predicted molar refractivity (Wildman–Crippen MR) is 110 cm³/mol. The number of methoxy groups -OCH3 is 1. The van der Waals surface area contributed by atoms with Gasteiger partial charge < -0.3 is 10.1 Å². The van der Waals surface area contributed by atoms with E-state index in [1.54, 1.807) is 30.3 Å². The summed E-state index contributed by atoms with van der Waals surface area (Å²) in [7, 11) is -2.43. The number of ether oxygens (including phenoxy) is 1. The first-order valence-electron chi connectivity index (χ1n) is 8.63. The van der Waals surface area contributed by atoms with Crippen LogP contribution in [0.25, 0.3) is 0 Å². The molecule has 0 spiro atoms. The van der Waals surface area contributed by atoms with Crippen molar-refractivity contribution in [1.82, 2.24) is 10.2 Å². The number of rotatable bonds is 6. The summed E-state index contributed by atoms with van der Waals surface area (Å²) in [5.74, 6) is 0.898. The van der Waals surface area contributed by atoms with Gasteiger partial charge in [0.25, 0.3) is 10.0 Å². The molecule has 7 nitrogen and oxygen atoms in total. The lowest BCUT2D eigenvalue weighted by atomic mass is 10.1. The monoisotopic (exact) mass is 398 g/mol. The van der Waals surface area contributed by atoms with Crippen molar-refractivity contribution < 1.29 is 13.2 Å². The van der Waals surface area contributed by atoms with E-state index in [1.165, 1.54) is 7.11 Å². The summed E-state index contributed by atoms with van der Waals surface area (Å²) in [4.78, 5) is 0.0502. The van der Waals surface area contributed by atoms with E-state index in [2.05, 4.69) is 26.3 Å². The molecule has 28 heavy (non-hydrogen) atoms. The molecule has 1 aromatic heterocycles. The predicted octanol–water partition coefficient (Wildman–Crippen LogP) is 3.95. The molecule has 0 bridgehead atoms. The second-order valence-corrected chi connectivity index (χ2v) is 8.22. The van der Waals surface area contributed by atoms with E-state index in [0.29, 0.717) is 5.82 Å². The fourth-order valence-corrected chi connectivity index (χ4v) is 4.09. The Kier molecular flexibility index (Phi) is 5.51. The van der Waals surface area contributed by atoms with Gasteiger partial charge in [0.05, 0.1) is 7.11 Å². The highest BCUT2D eigenvalue weighted by molar-refractivity contribution is 7.92. The molecule has 0 atom stereocenters. The molecule has 0 aliphatic carbocycles. The van der Waals surface area contributed by atoms with Gasteiger partial charge in [-0.3, -0.25) is 4.72 Å². The van der Waals surface area contributed by atoms with E-state index in [0.717, 1.165) is 22.4 Å². The Morgan fingerprint density at radius 3 is 2.07 bits per heavy atom. The quantitative estimate of drug-likeness (QED) is 0.653. The van der Waals surface area contributed by atoms with E-state index in [4.69, 9.17) is 4.74 Å². The summed E-state index contributed by atoms with van der Waals surface area (Å²) in [5.41, 5.74) is 3.96. The van der Waals surface area contributed by atoms with E-state index >= 15 is 0 Å². The van der Waals surface area contributed by atoms with Gasteiger partial charge in [-0.1, -0.05) is 12.1 Å². The maximum absolute atomic E-state index is 12.7. The van der Waals surface area contributed by atoms with Gasteiger partial charge >= 0.3 is 0 Å². The number of aromatic nitrogens is 2. The minimum Gasteiger partial charge on any atom is -0.495 e. The zero-order valence-corrected chi connectivity index (χ0v) is 17.0. The van der Waals surface area contributed by atoms with Gasteiger partial charge in [-0.05, 0) is 73.9 Å². The minimum absolute atomic E-state index is 0.0502. The molecule has 3 rings (SSSR count). The summed E-state index contributed by atoms with van der Waals surface area (Å²) >= 11 is 0. The Labute approximate surface area is 164 Å². The molecule has 0 saturated heterocycles. The fraction of sp³-hybridized carbons (Fsp3) is 0.200. The van der Waals surface area contributed by atoms with Crippen molar-refractivity contribution in [2.45, 2.75) is 25.7 Å². The van der Waals surface area contributed by atoms with Gasteiger partial charge in [0.15, 0.2) is 11.6 Å². The molecular formula is C20H22N4O3S. The first-order valence-corrected chi connectivity index (χ1v) is 10.1. The zero-order valence-electron chi connectivity index (χ0n) is 16.1. The van der Waals surface area contributed by atoms with Crippen LogP contribution in [0.3, 0.4) is 0 Å². The second-order valence-electron chi connectivity index (χ2n) is 6.57. The Balaban J connectivity index is 1.79. The molecule has 0 radical (unpaired) electrons. The largest absolute Gasteiger partial charge is 0.495 e. The van der Waals surface area contributed by atoms with Crippen LogP contribution in [0.15, 0.2) is 53.4 Å². The lowest BCUT2D eigenvalue weighted by molar-refractivity contribution is 0.402. The van der Waals surface area contributed by atoms with Crippen LogP contribution in [0.1, 0.15) is 16.7 Å². The lowest BCUT2D eigenvalue weighted by Gasteiger charge is -2.12. The minimum atomic E-state index is -3.86. The molecule has 146 valence electrons. The molecule has 0 saturated carbocycles. The summed E-state index contributed by atoms with van der Waals surface area (Å²) < 4.78 is 33.0. The first kappa shape index (κ1) is 19.6. The number of anilines is 3. The van der Waals surface area contributed by atoms with Crippen molar-refractivity contribution in [3.05, 3.63) is 65.2 Å². The van der Waals surface area contributed by atoms with Gasteiger partial charge in [-0.15, -0.1) is 10.2 Å². The third-order valence-electron chi connectivity index (χ3n) is 4.01. The van der Waals surface area contributed by atoms with E-state index in [9.17, 15) is 8.42 Å². The van der Waals surface area contributed by atoms with Crippen LogP contribution in [0.2, 0.25) is 0 Å². The highest BCUT2D eigenvalue weighted by Crippen LogP contribution is 2.26. The van der Waals surface area contributed by atoms with Crippen molar-refractivity contribution in [1.29, 1.82) is 0 Å². The number of sulfonamides is 1. The van der Waals surface area contributed by atoms with Crippen LogP contribution in [-0.4, -0.2) is 25.7 Å². The first-order chi connectivity index (χ1) is 13.3. The molecule has 2 N–H and O–H groups in total. The highest BCUT2D eigenvalue weighted by Gasteiger charge is 2.20. The lowest BCUT2D eigenvalue weighted by Crippen LogP contribution is -2.15. The van der Waals surface area contributed by atoms with Crippen molar-refractivity contribution in [2.24, 2.45) is 0 Å². The molecule has 1 heterocycles. The van der Waals surface area contributed by atoms with E-state index in [1.807, 2.05) is 32.9 Å². The maximum atomic E-state index is 12.7. The average Bonchev–Trinajstić information content (AvgIpc) is 2.62. The second kappa shape index (κ2) is 7.85. The molecule has 0 aliphatic rings. The molecule has 0 fully saturated rings. The Hall–Kier alpha value is -3.13. The highest BCUT2D eigenvalue weighted by atomic mass is 32.2. The van der Waals surface area contributed by atoms with E-state index in [-0.39, 0.29) is 16.5 Å². The van der Waals surface area contributed by atoms with Crippen molar-refractivity contribution in [3.8, 4) is 5.75 Å². The number of benzene rings is 2. The maximum Gasteiger partial charge on any atom is 0.266 e. The number of hydrogen-bond donors (Lipinski definition) is 2. The normalized spacial score (nSPS) is 11.1. The van der Waals surface area contributed by atoms with Gasteiger partial charge in [0.1, 0.15) is 10.6 Å². The van der Waals surface area contributed by atoms with Crippen molar-refractivity contribution in [2.75, 3.05) is 17.1 Å². The molecule has 2 aromatic carbocycles. The summed E-state index contributed by atoms with van der Waals surface area (Å²) in [5, 5.41) is 11.2. The van der Waals surface area contributed by atoms with Crippen molar-refractivity contribution >= 4 is 27.3 Å². The van der Waals surface area contributed by atoms with Crippen LogP contribution in [0, 0.1) is 20.8 Å². The third-order valence-corrected chi connectivity index (χ3v) is 5.38. The third kappa shape index (κ3) is 4.58. The number of nitrogens with one attached hydrogen (secondary N) is 2. The smallest absolute Gasteiger partial charge is 0.266 e. The Morgan fingerprint density at radius 1 is 0.821 bits per heavy atom. The van der Waals surface area contributed by atoms with Crippen LogP contribution in [0.4, 0.5) is 17.3 Å². The molecule has 0 aliphatic heterocycles. The summed E-state index contributed by atoms with van der Waals surface area (Å²) in [6.45, 7) is 5.84. The van der Waals surface area contributed by atoms with Crippen molar-refractivity contribution in [3.63, 3.8) is 0 Å². The summed E-state index contributed by atoms with van der Waals surface area (Å²) in [6, 6.07) is 14.2. The summed E-state index contributed by atoms with van der Waals surface area (Å²) in [6.07, 6.45) is 0. The van der Waals surface area contributed by atoms with Gasteiger partial charge in [0.2, 0.25) is 0 Å². The molecule has 0 unspecified atom stereocenters. The number of hydrogen-bond acceptors (Lipinski definition) is 6. The van der Waals surface area contributed by atoms with Gasteiger partial charge in [-0.2, -0.15) is 0 Å². The van der Waals surface area contributed by atoms with Crippen LogP contribution >= 0.6 is 0 Å². The van der Waals surface area contributed by atoms with Crippen LogP contribution in [0.5, 0.6) is 5.75 Å². The average molecular weight is 398 g/mol. The molecule has 0 amide bonds. The van der Waals surface area contributed by atoms with Gasteiger partial charge in [-0.25, -0.2) is 8.42 Å². The van der Waals surface area contributed by atoms with E-state index < -0.39 is 10.0 Å². The number of aryl methyl sites for hydroxylation is 3. The fourth-order valence-electron chi connectivity index (χ4n) is 2.83. The topological polar surface area (TPSA) is 93.2 Å². The Bertz CT molecular complexity index is 1080. The molecule has 8 heteroatoms. The SMILES string of the molecule is COc1ccc(C)cc1S(=O)(=O)Nc1ccc(Nc2cc(C)cc(C)c2)nn1.